The summed E-state index contributed by atoms with van der Waals surface area (Å²) in [7, 11) is -3.82. The van der Waals surface area contributed by atoms with Gasteiger partial charge in [0.25, 0.3) is 10.1 Å². The van der Waals surface area contributed by atoms with E-state index in [0.29, 0.717) is 6.61 Å². The SMILES string of the molecule is CCOCCS(=O)(=O)O. The van der Waals surface area contributed by atoms with Gasteiger partial charge in [0.15, 0.2) is 0 Å². The minimum Gasteiger partial charge on any atom is -0.381 e. The smallest absolute Gasteiger partial charge is 0.267 e. The third-order valence-corrected chi connectivity index (χ3v) is 1.37. The molecule has 0 aliphatic carbocycles. The molecule has 0 rings (SSSR count). The lowest BCUT2D eigenvalue weighted by molar-refractivity contribution is 0.162. The summed E-state index contributed by atoms with van der Waals surface area (Å²) in [4.78, 5) is 0. The van der Waals surface area contributed by atoms with Crippen LogP contribution in [0.1, 0.15) is 6.92 Å². The van der Waals surface area contributed by atoms with E-state index in [1.807, 2.05) is 0 Å². The lowest BCUT2D eigenvalue weighted by atomic mass is 10.8. The van der Waals surface area contributed by atoms with Crippen LogP contribution in [0.4, 0.5) is 0 Å². The molecule has 4 nitrogen and oxygen atoms in total. The molecule has 0 aliphatic rings. The largest absolute Gasteiger partial charge is 0.381 e. The second-order valence-electron chi connectivity index (χ2n) is 1.48. The first-order chi connectivity index (χ1) is 4.06. The van der Waals surface area contributed by atoms with E-state index in [1.54, 1.807) is 6.92 Å². The Hall–Kier alpha value is -0.130. The zero-order chi connectivity index (χ0) is 7.33. The topological polar surface area (TPSA) is 63.6 Å². The minimum absolute atomic E-state index is 0.0648. The average molecular weight is 154 g/mol. The van der Waals surface area contributed by atoms with Gasteiger partial charge < -0.3 is 4.74 Å². The van der Waals surface area contributed by atoms with Crippen molar-refractivity contribution in [1.82, 2.24) is 0 Å². The maximum absolute atomic E-state index is 9.98. The van der Waals surface area contributed by atoms with Crippen molar-refractivity contribution in [1.29, 1.82) is 0 Å². The molecular weight excluding hydrogens is 144 g/mol. The predicted octanol–water partition coefficient (Wildman–Crippen LogP) is -0.0893. The van der Waals surface area contributed by atoms with E-state index >= 15 is 0 Å². The monoisotopic (exact) mass is 154 g/mol. The molecule has 9 heavy (non-hydrogen) atoms. The number of hydrogen-bond donors (Lipinski definition) is 1. The Balaban J connectivity index is 3.30. The molecule has 0 aromatic carbocycles. The molecule has 5 heteroatoms. The predicted molar refractivity (Wildman–Crippen MR) is 32.9 cm³/mol. The molecule has 1 N–H and O–H groups in total. The van der Waals surface area contributed by atoms with Crippen molar-refractivity contribution in [3.8, 4) is 0 Å². The van der Waals surface area contributed by atoms with Crippen LogP contribution in [0.2, 0.25) is 0 Å². The second kappa shape index (κ2) is 3.81. The van der Waals surface area contributed by atoms with Gasteiger partial charge in [0, 0.05) is 6.61 Å². The summed E-state index contributed by atoms with van der Waals surface area (Å²) < 4.78 is 32.8. The molecule has 0 aliphatic heterocycles. The van der Waals surface area contributed by atoms with Gasteiger partial charge >= 0.3 is 0 Å². The van der Waals surface area contributed by atoms with Crippen molar-refractivity contribution in [3.05, 3.63) is 0 Å². The molecular formula is C4H10O4S. The molecule has 0 fully saturated rings. The maximum atomic E-state index is 9.98. The Kier molecular flexibility index (Phi) is 3.76. The molecule has 0 saturated carbocycles. The molecule has 0 aromatic rings. The third-order valence-electron chi connectivity index (χ3n) is 0.690. The van der Waals surface area contributed by atoms with Gasteiger partial charge in [-0.05, 0) is 6.92 Å². The zero-order valence-electron chi connectivity index (χ0n) is 5.20. The molecule has 0 saturated heterocycles. The molecule has 0 radical (unpaired) electrons. The van der Waals surface area contributed by atoms with E-state index in [4.69, 9.17) is 4.55 Å². The van der Waals surface area contributed by atoms with Crippen LogP contribution in [0, 0.1) is 0 Å². The Morgan fingerprint density at radius 2 is 2.11 bits per heavy atom. The molecule has 0 unspecified atom stereocenters. The van der Waals surface area contributed by atoms with Crippen molar-refractivity contribution in [3.63, 3.8) is 0 Å². The van der Waals surface area contributed by atoms with Crippen LogP contribution in [0.25, 0.3) is 0 Å². The third kappa shape index (κ3) is 7.87. The van der Waals surface area contributed by atoms with Crippen molar-refractivity contribution < 1.29 is 17.7 Å². The summed E-state index contributed by atoms with van der Waals surface area (Å²) in [6.45, 7) is 2.29. The Morgan fingerprint density at radius 1 is 1.56 bits per heavy atom. The average Bonchev–Trinajstić information content (AvgIpc) is 1.63. The van der Waals surface area contributed by atoms with Crippen molar-refractivity contribution in [2.75, 3.05) is 19.0 Å². The van der Waals surface area contributed by atoms with Crippen LogP contribution >= 0.6 is 0 Å². The van der Waals surface area contributed by atoms with E-state index in [-0.39, 0.29) is 12.4 Å². The normalized spacial score (nSPS) is 11.8. The van der Waals surface area contributed by atoms with Gasteiger partial charge in [0.05, 0.1) is 12.4 Å². The maximum Gasteiger partial charge on any atom is 0.267 e. The molecule has 0 aromatic heterocycles. The molecule has 0 spiro atoms. The summed E-state index contributed by atoms with van der Waals surface area (Å²) in [5.74, 6) is -0.319. The highest BCUT2D eigenvalue weighted by atomic mass is 32.2. The Bertz CT molecular complexity index is 148. The Morgan fingerprint density at radius 3 is 2.44 bits per heavy atom. The first-order valence-electron chi connectivity index (χ1n) is 2.59. The number of ether oxygens (including phenoxy) is 1. The van der Waals surface area contributed by atoms with Crippen molar-refractivity contribution >= 4 is 10.1 Å². The van der Waals surface area contributed by atoms with Crippen LogP contribution in [0.5, 0.6) is 0 Å². The van der Waals surface area contributed by atoms with Gasteiger partial charge in [0.1, 0.15) is 0 Å². The standard InChI is InChI=1S/C4H10O4S/c1-2-8-3-4-9(5,6)7/h2-4H2,1H3,(H,5,6,7). The van der Waals surface area contributed by atoms with E-state index in [1.165, 1.54) is 0 Å². The van der Waals surface area contributed by atoms with E-state index in [2.05, 4.69) is 4.74 Å². The van der Waals surface area contributed by atoms with E-state index < -0.39 is 10.1 Å². The number of rotatable bonds is 4. The van der Waals surface area contributed by atoms with Crippen LogP contribution in [0.3, 0.4) is 0 Å². The summed E-state index contributed by atoms with van der Waals surface area (Å²) in [5, 5.41) is 0. The van der Waals surface area contributed by atoms with Crippen LogP contribution in [-0.2, 0) is 14.9 Å². The summed E-state index contributed by atoms with van der Waals surface area (Å²) in [5.41, 5.74) is 0. The number of hydrogen-bond acceptors (Lipinski definition) is 3. The van der Waals surface area contributed by atoms with Crippen LogP contribution < -0.4 is 0 Å². The second-order valence-corrected chi connectivity index (χ2v) is 3.06. The zero-order valence-corrected chi connectivity index (χ0v) is 6.02. The quantitative estimate of drug-likeness (QED) is 0.454. The van der Waals surface area contributed by atoms with Gasteiger partial charge in [-0.3, -0.25) is 4.55 Å². The van der Waals surface area contributed by atoms with Gasteiger partial charge in [0.2, 0.25) is 0 Å². The molecule has 56 valence electrons. The van der Waals surface area contributed by atoms with Crippen LogP contribution in [0.15, 0.2) is 0 Å². The fourth-order valence-corrected chi connectivity index (χ4v) is 0.637. The minimum atomic E-state index is -3.82. The molecule has 0 atom stereocenters. The highest BCUT2D eigenvalue weighted by Gasteiger charge is 2.01. The highest BCUT2D eigenvalue weighted by Crippen LogP contribution is 1.81. The first-order valence-corrected chi connectivity index (χ1v) is 4.20. The first kappa shape index (κ1) is 8.87. The van der Waals surface area contributed by atoms with Gasteiger partial charge in [-0.2, -0.15) is 8.42 Å². The van der Waals surface area contributed by atoms with Crippen molar-refractivity contribution in [2.24, 2.45) is 0 Å². The fourth-order valence-electron chi connectivity index (χ4n) is 0.309. The highest BCUT2D eigenvalue weighted by molar-refractivity contribution is 7.85. The van der Waals surface area contributed by atoms with Gasteiger partial charge in [-0.15, -0.1) is 0 Å². The Labute approximate surface area is 54.6 Å². The van der Waals surface area contributed by atoms with Crippen LogP contribution in [-0.4, -0.2) is 31.9 Å². The lowest BCUT2D eigenvalue weighted by Crippen LogP contribution is -2.10. The molecule has 0 heterocycles. The fraction of sp³-hybridized carbons (Fsp3) is 1.00. The van der Waals surface area contributed by atoms with E-state index in [9.17, 15) is 8.42 Å². The summed E-state index contributed by atoms with van der Waals surface area (Å²) in [6, 6.07) is 0. The summed E-state index contributed by atoms with van der Waals surface area (Å²) >= 11 is 0. The van der Waals surface area contributed by atoms with E-state index in [0.717, 1.165) is 0 Å². The molecule has 0 bridgehead atoms. The van der Waals surface area contributed by atoms with Gasteiger partial charge in [-0.25, -0.2) is 0 Å². The summed E-state index contributed by atoms with van der Waals surface area (Å²) in [6.07, 6.45) is 0. The molecule has 0 amide bonds. The van der Waals surface area contributed by atoms with Crippen molar-refractivity contribution in [2.45, 2.75) is 6.92 Å². The lowest BCUT2D eigenvalue weighted by Gasteiger charge is -1.95. The van der Waals surface area contributed by atoms with Gasteiger partial charge in [-0.1, -0.05) is 0 Å².